The van der Waals surface area contributed by atoms with Gasteiger partial charge in [-0.15, -0.1) is 0 Å². The zero-order valence-corrected chi connectivity index (χ0v) is 11.5. The fraction of sp³-hybridized carbons (Fsp3) is 0.333. The summed E-state index contributed by atoms with van der Waals surface area (Å²) in [6.45, 7) is 2.98. The molecule has 0 saturated carbocycles. The number of nitrogens with zero attached hydrogens (tertiary/aromatic N) is 2. The van der Waals surface area contributed by atoms with Gasteiger partial charge in [0, 0.05) is 18.3 Å². The fourth-order valence-electron chi connectivity index (χ4n) is 2.31. The normalized spacial score (nSPS) is 13.3. The number of rotatable bonds is 3. The number of fused-ring (bicyclic) bond motifs is 1. The summed E-state index contributed by atoms with van der Waals surface area (Å²) >= 11 is 0. The van der Waals surface area contributed by atoms with Crippen LogP contribution in [0.5, 0.6) is 11.5 Å². The second kappa shape index (κ2) is 5.00. The van der Waals surface area contributed by atoms with Crippen LogP contribution in [0.1, 0.15) is 21.7 Å². The molecule has 0 radical (unpaired) electrons. The third-order valence-electron chi connectivity index (χ3n) is 3.30. The Bertz CT molecular complexity index is 661. The lowest BCUT2D eigenvalue weighted by atomic mass is 10.1. The molecule has 5 heteroatoms. The van der Waals surface area contributed by atoms with E-state index in [1.165, 1.54) is 0 Å². The molecule has 0 spiro atoms. The van der Waals surface area contributed by atoms with Gasteiger partial charge in [-0.2, -0.15) is 5.10 Å². The third-order valence-corrected chi connectivity index (χ3v) is 3.30. The van der Waals surface area contributed by atoms with Gasteiger partial charge in [0.15, 0.2) is 17.3 Å². The number of carbonyl (C=O) groups is 1. The number of hydrogen-bond donors (Lipinski definition) is 0. The molecule has 1 aromatic heterocycles. The van der Waals surface area contributed by atoms with E-state index in [2.05, 4.69) is 5.10 Å². The van der Waals surface area contributed by atoms with Crippen molar-refractivity contribution in [3.63, 3.8) is 0 Å². The van der Waals surface area contributed by atoms with Gasteiger partial charge in [0.2, 0.25) is 0 Å². The zero-order valence-electron chi connectivity index (χ0n) is 11.5. The van der Waals surface area contributed by atoms with E-state index in [4.69, 9.17) is 9.47 Å². The molecule has 5 nitrogen and oxygen atoms in total. The third kappa shape index (κ3) is 2.39. The van der Waals surface area contributed by atoms with Gasteiger partial charge in [0.1, 0.15) is 13.2 Å². The summed E-state index contributed by atoms with van der Waals surface area (Å²) in [5.74, 6) is 1.39. The lowest BCUT2D eigenvalue weighted by Gasteiger charge is -2.18. The Morgan fingerprint density at radius 1 is 1.25 bits per heavy atom. The van der Waals surface area contributed by atoms with Crippen molar-refractivity contribution < 1.29 is 14.3 Å². The van der Waals surface area contributed by atoms with Crippen molar-refractivity contribution in [2.24, 2.45) is 7.05 Å². The van der Waals surface area contributed by atoms with E-state index in [1.54, 1.807) is 22.9 Å². The average molecular weight is 272 g/mol. The van der Waals surface area contributed by atoms with E-state index < -0.39 is 0 Å². The van der Waals surface area contributed by atoms with Gasteiger partial charge in [-0.3, -0.25) is 9.48 Å². The molecule has 0 unspecified atom stereocenters. The summed E-state index contributed by atoms with van der Waals surface area (Å²) in [5.41, 5.74) is 2.45. The van der Waals surface area contributed by atoms with Crippen LogP contribution >= 0.6 is 0 Å². The molecule has 2 heterocycles. The maximum Gasteiger partial charge on any atom is 0.168 e. The first-order valence-electron chi connectivity index (χ1n) is 6.56. The van der Waals surface area contributed by atoms with Crippen LogP contribution in [0.4, 0.5) is 0 Å². The maximum absolute atomic E-state index is 12.3. The van der Waals surface area contributed by atoms with E-state index in [0.29, 0.717) is 36.7 Å². The molecule has 2 aromatic rings. The molecule has 0 bridgehead atoms. The van der Waals surface area contributed by atoms with Crippen LogP contribution in [0.2, 0.25) is 0 Å². The molecule has 3 rings (SSSR count). The van der Waals surface area contributed by atoms with Crippen LogP contribution in [0.15, 0.2) is 24.3 Å². The fourth-order valence-corrected chi connectivity index (χ4v) is 2.31. The Balaban J connectivity index is 1.82. The molecule has 104 valence electrons. The lowest BCUT2D eigenvalue weighted by Crippen LogP contribution is -2.16. The standard InChI is InChI=1S/C15H16N2O3/c1-10-7-12(17(2)16-10)9-13(18)11-3-4-14-15(8-11)20-6-5-19-14/h3-4,7-8H,5-6,9H2,1-2H3. The minimum atomic E-state index is 0.0463. The first-order chi connectivity index (χ1) is 9.63. The Labute approximate surface area is 117 Å². The molecule has 1 aliphatic rings. The molecule has 1 aromatic carbocycles. The number of aromatic nitrogens is 2. The van der Waals surface area contributed by atoms with Gasteiger partial charge in [-0.05, 0) is 31.2 Å². The second-order valence-electron chi connectivity index (χ2n) is 4.86. The Hall–Kier alpha value is -2.30. The number of benzene rings is 1. The number of hydrogen-bond acceptors (Lipinski definition) is 4. The van der Waals surface area contributed by atoms with Crippen molar-refractivity contribution in [2.75, 3.05) is 13.2 Å². The van der Waals surface area contributed by atoms with E-state index in [-0.39, 0.29) is 5.78 Å². The van der Waals surface area contributed by atoms with Gasteiger partial charge in [0.25, 0.3) is 0 Å². The first-order valence-corrected chi connectivity index (χ1v) is 6.56. The van der Waals surface area contributed by atoms with Gasteiger partial charge < -0.3 is 9.47 Å². The van der Waals surface area contributed by atoms with Crippen molar-refractivity contribution >= 4 is 5.78 Å². The molecule has 0 atom stereocenters. The van der Waals surface area contributed by atoms with Crippen molar-refractivity contribution in [1.29, 1.82) is 0 Å². The molecule has 20 heavy (non-hydrogen) atoms. The molecule has 0 N–H and O–H groups in total. The van der Waals surface area contributed by atoms with Crippen molar-refractivity contribution in [3.05, 3.63) is 41.2 Å². The quantitative estimate of drug-likeness (QED) is 0.801. The molecular formula is C15H16N2O3. The SMILES string of the molecule is Cc1cc(CC(=O)c2ccc3c(c2)OCCO3)n(C)n1. The molecule has 0 amide bonds. The first kappa shape index (κ1) is 12.7. The highest BCUT2D eigenvalue weighted by atomic mass is 16.6. The van der Waals surface area contributed by atoms with Crippen LogP contribution in [-0.2, 0) is 13.5 Å². The molecular weight excluding hydrogens is 256 g/mol. The topological polar surface area (TPSA) is 53.4 Å². The van der Waals surface area contributed by atoms with Crippen molar-refractivity contribution in [1.82, 2.24) is 9.78 Å². The largest absolute Gasteiger partial charge is 0.486 e. The number of carbonyl (C=O) groups excluding carboxylic acids is 1. The average Bonchev–Trinajstić information content (AvgIpc) is 2.76. The van der Waals surface area contributed by atoms with Gasteiger partial charge in [-0.1, -0.05) is 0 Å². The Morgan fingerprint density at radius 2 is 2.00 bits per heavy atom. The highest BCUT2D eigenvalue weighted by Gasteiger charge is 2.16. The van der Waals surface area contributed by atoms with Crippen LogP contribution in [0.25, 0.3) is 0 Å². The predicted molar refractivity (Wildman–Crippen MR) is 73.4 cm³/mol. The molecule has 1 aliphatic heterocycles. The minimum Gasteiger partial charge on any atom is -0.486 e. The van der Waals surface area contributed by atoms with Crippen LogP contribution in [0.3, 0.4) is 0 Å². The van der Waals surface area contributed by atoms with Crippen molar-refractivity contribution in [2.45, 2.75) is 13.3 Å². The lowest BCUT2D eigenvalue weighted by molar-refractivity contribution is 0.0989. The highest BCUT2D eigenvalue weighted by Crippen LogP contribution is 2.31. The second-order valence-corrected chi connectivity index (χ2v) is 4.86. The summed E-state index contributed by atoms with van der Waals surface area (Å²) in [5, 5.41) is 4.25. The summed E-state index contributed by atoms with van der Waals surface area (Å²) in [6, 6.07) is 7.24. The van der Waals surface area contributed by atoms with E-state index in [0.717, 1.165) is 11.4 Å². The number of Topliss-reactive ketones (excluding diaryl/α,β-unsaturated/α-hetero) is 1. The smallest absolute Gasteiger partial charge is 0.168 e. The Morgan fingerprint density at radius 3 is 2.70 bits per heavy atom. The number of aryl methyl sites for hydroxylation is 2. The Kier molecular flexibility index (Phi) is 3.18. The predicted octanol–water partition coefficient (Wildman–Crippen LogP) is 1.93. The zero-order chi connectivity index (χ0) is 14.1. The van der Waals surface area contributed by atoms with E-state index >= 15 is 0 Å². The van der Waals surface area contributed by atoms with Crippen LogP contribution in [-0.4, -0.2) is 28.8 Å². The number of ketones is 1. The molecule has 0 saturated heterocycles. The minimum absolute atomic E-state index is 0.0463. The van der Waals surface area contributed by atoms with Crippen LogP contribution < -0.4 is 9.47 Å². The molecule has 0 aliphatic carbocycles. The summed E-state index contributed by atoms with van der Waals surface area (Å²) in [4.78, 5) is 12.3. The highest BCUT2D eigenvalue weighted by molar-refractivity contribution is 5.98. The molecule has 0 fully saturated rings. The summed E-state index contributed by atoms with van der Waals surface area (Å²) < 4.78 is 12.7. The monoisotopic (exact) mass is 272 g/mol. The van der Waals surface area contributed by atoms with Gasteiger partial charge in [0.05, 0.1) is 12.1 Å². The number of ether oxygens (including phenoxy) is 2. The van der Waals surface area contributed by atoms with E-state index in [9.17, 15) is 4.79 Å². The van der Waals surface area contributed by atoms with Gasteiger partial charge >= 0.3 is 0 Å². The summed E-state index contributed by atoms with van der Waals surface area (Å²) in [7, 11) is 1.85. The van der Waals surface area contributed by atoms with E-state index in [1.807, 2.05) is 20.0 Å². The van der Waals surface area contributed by atoms with Crippen molar-refractivity contribution in [3.8, 4) is 11.5 Å². The summed E-state index contributed by atoms with van der Waals surface area (Å²) in [6.07, 6.45) is 0.330. The maximum atomic E-state index is 12.3. The van der Waals surface area contributed by atoms with Gasteiger partial charge in [-0.25, -0.2) is 0 Å². The van der Waals surface area contributed by atoms with Crippen LogP contribution in [0, 0.1) is 6.92 Å².